The molecule has 3 aromatic carbocycles. The number of benzene rings is 3. The Balaban J connectivity index is 1.27. The van der Waals surface area contributed by atoms with E-state index in [1.807, 2.05) is 84.8 Å². The standard InChI is InChI=1S/C30H30N4O3/c1-20(29(35)33-17-15-32(16-18-33)26-13-7-8-14-27(26)37-2)34-28(22-10-3-4-11-23(22)30(34)36)24-19-31-25-12-6-5-9-21(24)25/h3-14,19-20,28,31H,15-18H2,1-2H3/t20-,28+/m0/s1. The maximum Gasteiger partial charge on any atom is 0.255 e. The summed E-state index contributed by atoms with van der Waals surface area (Å²) in [6.07, 6.45) is 1.97. The smallest absolute Gasteiger partial charge is 0.255 e. The molecule has 7 heteroatoms. The molecule has 2 aliphatic rings. The maximum absolute atomic E-state index is 13.8. The molecule has 0 radical (unpaired) electrons. The normalized spacial score (nSPS) is 18.3. The first-order chi connectivity index (χ1) is 18.1. The van der Waals surface area contributed by atoms with E-state index in [1.54, 1.807) is 12.0 Å². The van der Waals surface area contributed by atoms with E-state index >= 15 is 0 Å². The highest BCUT2D eigenvalue weighted by molar-refractivity contribution is 6.03. The number of nitrogens with one attached hydrogen (secondary N) is 1. The fourth-order valence-electron chi connectivity index (χ4n) is 5.82. The second-order valence-corrected chi connectivity index (χ2v) is 9.65. The van der Waals surface area contributed by atoms with Crippen molar-refractivity contribution in [1.82, 2.24) is 14.8 Å². The summed E-state index contributed by atoms with van der Waals surface area (Å²) < 4.78 is 5.53. The molecule has 4 aromatic rings. The van der Waals surface area contributed by atoms with E-state index in [0.29, 0.717) is 31.7 Å². The third-order valence-corrected chi connectivity index (χ3v) is 7.71. The van der Waals surface area contributed by atoms with E-state index in [4.69, 9.17) is 4.74 Å². The van der Waals surface area contributed by atoms with Crippen molar-refractivity contribution in [2.45, 2.75) is 19.0 Å². The second-order valence-electron chi connectivity index (χ2n) is 9.65. The summed E-state index contributed by atoms with van der Waals surface area (Å²) in [5.74, 6) is 0.711. The summed E-state index contributed by atoms with van der Waals surface area (Å²) in [4.78, 5) is 36.8. The Hall–Kier alpha value is -4.26. The number of aromatic amines is 1. The van der Waals surface area contributed by atoms with Crippen molar-refractivity contribution in [2.75, 3.05) is 38.2 Å². The first-order valence-corrected chi connectivity index (χ1v) is 12.7. The van der Waals surface area contributed by atoms with Gasteiger partial charge in [0.25, 0.3) is 5.91 Å². The Labute approximate surface area is 216 Å². The van der Waals surface area contributed by atoms with Crippen molar-refractivity contribution in [1.29, 1.82) is 0 Å². The number of rotatable bonds is 5. The highest BCUT2D eigenvalue weighted by atomic mass is 16.5. The zero-order valence-corrected chi connectivity index (χ0v) is 21.1. The van der Waals surface area contributed by atoms with Gasteiger partial charge in [0.15, 0.2) is 0 Å². The first kappa shape index (κ1) is 23.2. The van der Waals surface area contributed by atoms with Crippen LogP contribution in [0.3, 0.4) is 0 Å². The molecule has 2 amide bonds. The highest BCUT2D eigenvalue weighted by Gasteiger charge is 2.44. The minimum atomic E-state index is -0.601. The maximum atomic E-state index is 13.8. The minimum absolute atomic E-state index is 0.0225. The molecule has 0 spiro atoms. The lowest BCUT2D eigenvalue weighted by molar-refractivity contribution is -0.136. The molecule has 7 nitrogen and oxygen atoms in total. The number of amides is 2. The summed E-state index contributed by atoms with van der Waals surface area (Å²) in [5, 5.41) is 1.06. The molecule has 0 unspecified atom stereocenters. The number of para-hydroxylation sites is 3. The number of anilines is 1. The van der Waals surface area contributed by atoms with E-state index in [-0.39, 0.29) is 17.9 Å². The Morgan fingerprint density at radius 2 is 1.62 bits per heavy atom. The van der Waals surface area contributed by atoms with Gasteiger partial charge in [0.1, 0.15) is 11.8 Å². The monoisotopic (exact) mass is 494 g/mol. The van der Waals surface area contributed by atoms with Gasteiger partial charge < -0.3 is 24.4 Å². The molecule has 3 heterocycles. The number of nitrogens with zero attached hydrogens (tertiary/aromatic N) is 3. The van der Waals surface area contributed by atoms with Crippen molar-refractivity contribution in [2.24, 2.45) is 0 Å². The highest BCUT2D eigenvalue weighted by Crippen LogP contribution is 2.42. The van der Waals surface area contributed by atoms with Gasteiger partial charge in [-0.25, -0.2) is 0 Å². The molecular formula is C30H30N4O3. The molecule has 2 aliphatic heterocycles. The van der Waals surface area contributed by atoms with Gasteiger partial charge >= 0.3 is 0 Å². The van der Waals surface area contributed by atoms with Crippen LogP contribution in [0.4, 0.5) is 5.69 Å². The molecule has 0 saturated carbocycles. The van der Waals surface area contributed by atoms with Crippen LogP contribution in [-0.2, 0) is 4.79 Å². The summed E-state index contributed by atoms with van der Waals surface area (Å²) in [5.41, 5.74) is 4.67. The van der Waals surface area contributed by atoms with E-state index in [2.05, 4.69) is 16.0 Å². The van der Waals surface area contributed by atoms with E-state index < -0.39 is 6.04 Å². The first-order valence-electron chi connectivity index (χ1n) is 12.7. The summed E-state index contributed by atoms with van der Waals surface area (Å²) in [6.45, 7) is 4.46. The van der Waals surface area contributed by atoms with Gasteiger partial charge in [0.05, 0.1) is 18.8 Å². The summed E-state index contributed by atoms with van der Waals surface area (Å²) >= 11 is 0. The zero-order chi connectivity index (χ0) is 25.5. The van der Waals surface area contributed by atoms with E-state index in [9.17, 15) is 9.59 Å². The van der Waals surface area contributed by atoms with Gasteiger partial charge in [-0.2, -0.15) is 0 Å². The van der Waals surface area contributed by atoms with Gasteiger partial charge in [-0.15, -0.1) is 0 Å². The molecule has 1 fully saturated rings. The number of H-pyrrole nitrogens is 1. The molecule has 6 rings (SSSR count). The Morgan fingerprint density at radius 1 is 0.919 bits per heavy atom. The predicted molar refractivity (Wildman–Crippen MR) is 144 cm³/mol. The third kappa shape index (κ3) is 3.82. The number of methoxy groups -OCH3 is 1. The summed E-state index contributed by atoms with van der Waals surface area (Å²) in [7, 11) is 1.68. The lowest BCUT2D eigenvalue weighted by atomic mass is 9.97. The fraction of sp³-hybridized carbons (Fsp3) is 0.267. The fourth-order valence-corrected chi connectivity index (χ4v) is 5.82. The largest absolute Gasteiger partial charge is 0.495 e. The number of aromatic nitrogens is 1. The van der Waals surface area contributed by atoms with Crippen LogP contribution in [0.2, 0.25) is 0 Å². The number of ether oxygens (including phenoxy) is 1. The molecular weight excluding hydrogens is 464 g/mol. The molecule has 0 aliphatic carbocycles. The molecule has 2 atom stereocenters. The van der Waals surface area contributed by atoms with Gasteiger partial charge in [-0.05, 0) is 36.8 Å². The number of carbonyl (C=O) groups excluding carboxylic acids is 2. The molecule has 0 bridgehead atoms. The number of piperazine rings is 1. The van der Waals surface area contributed by atoms with Gasteiger partial charge in [0.2, 0.25) is 5.91 Å². The van der Waals surface area contributed by atoms with Crippen molar-refractivity contribution in [3.05, 3.63) is 95.7 Å². The van der Waals surface area contributed by atoms with Gasteiger partial charge in [0, 0.05) is 54.4 Å². The topological polar surface area (TPSA) is 68.9 Å². The van der Waals surface area contributed by atoms with Crippen LogP contribution in [0, 0.1) is 0 Å². The second kappa shape index (κ2) is 9.32. The Kier molecular flexibility index (Phi) is 5.83. The number of hydrogen-bond acceptors (Lipinski definition) is 4. The molecule has 1 saturated heterocycles. The molecule has 37 heavy (non-hydrogen) atoms. The minimum Gasteiger partial charge on any atom is -0.495 e. The van der Waals surface area contributed by atoms with Crippen LogP contribution in [0.25, 0.3) is 10.9 Å². The average Bonchev–Trinajstić information content (AvgIpc) is 3.51. The lowest BCUT2D eigenvalue weighted by Gasteiger charge is -2.39. The molecule has 188 valence electrons. The van der Waals surface area contributed by atoms with Crippen LogP contribution < -0.4 is 9.64 Å². The van der Waals surface area contributed by atoms with Crippen LogP contribution in [0.15, 0.2) is 79.0 Å². The van der Waals surface area contributed by atoms with Crippen molar-refractivity contribution in [3.8, 4) is 5.75 Å². The predicted octanol–water partition coefficient (Wildman–Crippen LogP) is 4.46. The van der Waals surface area contributed by atoms with Crippen LogP contribution in [-0.4, -0.2) is 65.9 Å². The number of hydrogen-bond donors (Lipinski definition) is 1. The Morgan fingerprint density at radius 3 is 2.43 bits per heavy atom. The zero-order valence-electron chi connectivity index (χ0n) is 21.1. The van der Waals surface area contributed by atoms with Crippen LogP contribution >= 0.6 is 0 Å². The molecule has 1 aromatic heterocycles. The quantitative estimate of drug-likeness (QED) is 0.445. The van der Waals surface area contributed by atoms with Gasteiger partial charge in [-0.1, -0.05) is 48.5 Å². The van der Waals surface area contributed by atoms with E-state index in [0.717, 1.165) is 33.5 Å². The molecule has 1 N–H and O–H groups in total. The van der Waals surface area contributed by atoms with Crippen LogP contribution in [0.5, 0.6) is 5.75 Å². The number of fused-ring (bicyclic) bond motifs is 2. The third-order valence-electron chi connectivity index (χ3n) is 7.71. The van der Waals surface area contributed by atoms with Crippen LogP contribution in [0.1, 0.15) is 34.5 Å². The Bertz CT molecular complexity index is 1470. The van der Waals surface area contributed by atoms with Crippen molar-refractivity contribution < 1.29 is 14.3 Å². The lowest BCUT2D eigenvalue weighted by Crippen LogP contribution is -2.55. The van der Waals surface area contributed by atoms with Gasteiger partial charge in [-0.3, -0.25) is 9.59 Å². The van der Waals surface area contributed by atoms with Crippen molar-refractivity contribution in [3.63, 3.8) is 0 Å². The summed E-state index contributed by atoms with van der Waals surface area (Å²) in [6, 6.07) is 22.8. The number of carbonyl (C=O) groups is 2. The SMILES string of the molecule is COc1ccccc1N1CCN(C(=O)[C@H](C)N2C(=O)c3ccccc3[C@@H]2c2c[nH]c3ccccc23)CC1. The van der Waals surface area contributed by atoms with Crippen molar-refractivity contribution >= 4 is 28.4 Å². The van der Waals surface area contributed by atoms with E-state index in [1.165, 1.54) is 0 Å². The average molecular weight is 495 g/mol.